The fraction of sp³-hybridized carbons (Fsp3) is 0.500. The fourth-order valence-electron chi connectivity index (χ4n) is 3.14. The molecule has 0 aliphatic carbocycles. The monoisotopic (exact) mass is 322 g/mol. The predicted octanol–water partition coefficient (Wildman–Crippen LogP) is 2.14. The highest BCUT2D eigenvalue weighted by molar-refractivity contribution is 5.21. The molecule has 3 rings (SSSR count). The van der Waals surface area contributed by atoms with Crippen LogP contribution in [-0.4, -0.2) is 43.9 Å². The molecule has 124 valence electrons. The number of aliphatic hydroxyl groups excluding tert-OH is 1. The van der Waals surface area contributed by atoms with Crippen LogP contribution in [0.3, 0.4) is 0 Å². The molecule has 5 nitrogen and oxygen atoms in total. The predicted molar refractivity (Wildman–Crippen MR) is 80.6 cm³/mol. The van der Waals surface area contributed by atoms with Gasteiger partial charge in [-0.25, -0.2) is 13.8 Å². The van der Waals surface area contributed by atoms with Gasteiger partial charge in [0.1, 0.15) is 24.3 Å². The van der Waals surface area contributed by atoms with Gasteiger partial charge in [0.15, 0.2) is 0 Å². The zero-order valence-electron chi connectivity index (χ0n) is 12.8. The maximum absolute atomic E-state index is 13.8. The lowest BCUT2D eigenvalue weighted by molar-refractivity contribution is 0.0574. The van der Waals surface area contributed by atoms with Crippen LogP contribution in [-0.2, 0) is 6.54 Å². The molecule has 0 amide bonds. The summed E-state index contributed by atoms with van der Waals surface area (Å²) in [7, 11) is 0. The highest BCUT2D eigenvalue weighted by atomic mass is 19.1. The Balaban J connectivity index is 1.68. The highest BCUT2D eigenvalue weighted by Gasteiger charge is 2.26. The Morgan fingerprint density at radius 1 is 1.30 bits per heavy atom. The van der Waals surface area contributed by atoms with Crippen LogP contribution in [0.15, 0.2) is 30.9 Å². The summed E-state index contributed by atoms with van der Waals surface area (Å²) in [6, 6.07) is 3.52. The van der Waals surface area contributed by atoms with E-state index in [9.17, 15) is 13.9 Å². The molecule has 0 unspecified atom stereocenters. The number of hydrogen-bond acceptors (Lipinski definition) is 4. The molecule has 23 heavy (non-hydrogen) atoms. The molecular formula is C16H20F2N4O. The lowest BCUT2D eigenvalue weighted by Gasteiger charge is -2.36. The fourth-order valence-corrected chi connectivity index (χ4v) is 3.14. The van der Waals surface area contributed by atoms with E-state index < -0.39 is 17.7 Å². The van der Waals surface area contributed by atoms with Crippen LogP contribution < -0.4 is 0 Å². The number of benzene rings is 1. The van der Waals surface area contributed by atoms with Crippen LogP contribution in [0.2, 0.25) is 0 Å². The van der Waals surface area contributed by atoms with Gasteiger partial charge in [-0.2, -0.15) is 5.10 Å². The molecule has 1 N–H and O–H groups in total. The second-order valence-electron chi connectivity index (χ2n) is 5.94. The Kier molecular flexibility index (Phi) is 4.97. The number of nitrogens with zero attached hydrogens (tertiary/aromatic N) is 4. The lowest BCUT2D eigenvalue weighted by atomic mass is 10.00. The molecule has 7 heteroatoms. The molecule has 1 saturated heterocycles. The summed E-state index contributed by atoms with van der Waals surface area (Å²) in [4.78, 5) is 6.09. The summed E-state index contributed by atoms with van der Waals surface area (Å²) in [6.45, 7) is 1.86. The average Bonchev–Trinajstić information content (AvgIpc) is 3.02. The van der Waals surface area contributed by atoms with Crippen molar-refractivity contribution >= 4 is 0 Å². The van der Waals surface area contributed by atoms with Gasteiger partial charge in [-0.05, 0) is 25.5 Å². The maximum atomic E-state index is 13.8. The van der Waals surface area contributed by atoms with Gasteiger partial charge in [-0.1, -0.05) is 12.5 Å². The Morgan fingerprint density at radius 2 is 2.17 bits per heavy atom. The van der Waals surface area contributed by atoms with Crippen molar-refractivity contribution in [2.75, 3.05) is 13.1 Å². The van der Waals surface area contributed by atoms with Crippen molar-refractivity contribution in [3.63, 3.8) is 0 Å². The molecule has 1 aliphatic heterocycles. The summed E-state index contributed by atoms with van der Waals surface area (Å²) in [5.41, 5.74) is 0.136. The molecule has 0 saturated carbocycles. The second-order valence-corrected chi connectivity index (χ2v) is 5.94. The van der Waals surface area contributed by atoms with Crippen molar-refractivity contribution in [2.24, 2.45) is 0 Å². The maximum Gasteiger partial charge on any atom is 0.137 e. The van der Waals surface area contributed by atoms with Crippen LogP contribution in [0.4, 0.5) is 8.78 Å². The Hall–Kier alpha value is -1.86. The first kappa shape index (κ1) is 16.0. The molecule has 1 aromatic carbocycles. The topological polar surface area (TPSA) is 54.2 Å². The van der Waals surface area contributed by atoms with Gasteiger partial charge in [0, 0.05) is 24.2 Å². The normalized spacial score (nSPS) is 20.6. The van der Waals surface area contributed by atoms with Crippen LogP contribution in [0, 0.1) is 11.6 Å². The van der Waals surface area contributed by atoms with E-state index in [1.807, 2.05) is 0 Å². The number of likely N-dealkylation sites (tertiary alicyclic amines) is 1. The zero-order valence-corrected chi connectivity index (χ0v) is 12.8. The summed E-state index contributed by atoms with van der Waals surface area (Å²) >= 11 is 0. The van der Waals surface area contributed by atoms with E-state index in [1.54, 1.807) is 11.0 Å². The van der Waals surface area contributed by atoms with Gasteiger partial charge < -0.3 is 5.11 Å². The summed E-state index contributed by atoms with van der Waals surface area (Å²) in [5.74, 6) is -1.34. The molecule has 0 spiro atoms. The van der Waals surface area contributed by atoms with E-state index in [1.165, 1.54) is 18.5 Å². The first-order valence-corrected chi connectivity index (χ1v) is 7.83. The molecule has 2 atom stereocenters. The minimum atomic E-state index is -0.980. The SMILES string of the molecule is O[C@@H](CN1CCCC[C@H]1Cn1cncn1)c1ccc(F)cc1F. The molecule has 0 radical (unpaired) electrons. The molecule has 1 fully saturated rings. The summed E-state index contributed by atoms with van der Waals surface area (Å²) in [6.07, 6.45) is 5.35. The quantitative estimate of drug-likeness (QED) is 0.916. The van der Waals surface area contributed by atoms with Gasteiger partial charge in [0.25, 0.3) is 0 Å². The first-order chi connectivity index (χ1) is 11.1. The highest BCUT2D eigenvalue weighted by Crippen LogP contribution is 2.24. The molecule has 2 aromatic rings. The van der Waals surface area contributed by atoms with Crippen LogP contribution >= 0.6 is 0 Å². The van der Waals surface area contributed by atoms with E-state index >= 15 is 0 Å². The van der Waals surface area contributed by atoms with E-state index in [4.69, 9.17) is 0 Å². The molecular weight excluding hydrogens is 302 g/mol. The van der Waals surface area contributed by atoms with Gasteiger partial charge in [-0.15, -0.1) is 0 Å². The Morgan fingerprint density at radius 3 is 2.91 bits per heavy atom. The van der Waals surface area contributed by atoms with Crippen molar-refractivity contribution < 1.29 is 13.9 Å². The summed E-state index contributed by atoms with van der Waals surface area (Å²) in [5, 5.41) is 14.5. The van der Waals surface area contributed by atoms with Crippen molar-refractivity contribution in [2.45, 2.75) is 38.0 Å². The zero-order chi connectivity index (χ0) is 16.2. The van der Waals surface area contributed by atoms with E-state index in [0.717, 1.165) is 31.9 Å². The van der Waals surface area contributed by atoms with Crippen molar-refractivity contribution in [3.8, 4) is 0 Å². The van der Waals surface area contributed by atoms with E-state index in [-0.39, 0.29) is 11.6 Å². The van der Waals surface area contributed by atoms with Crippen molar-refractivity contribution in [1.82, 2.24) is 19.7 Å². The molecule has 0 bridgehead atoms. The van der Waals surface area contributed by atoms with E-state index in [0.29, 0.717) is 13.1 Å². The lowest BCUT2D eigenvalue weighted by Crippen LogP contribution is -2.44. The molecule has 1 aromatic heterocycles. The van der Waals surface area contributed by atoms with E-state index in [2.05, 4.69) is 15.0 Å². The number of piperidine rings is 1. The first-order valence-electron chi connectivity index (χ1n) is 7.83. The number of aromatic nitrogens is 3. The largest absolute Gasteiger partial charge is 0.387 e. The molecule has 2 heterocycles. The second kappa shape index (κ2) is 7.14. The van der Waals surface area contributed by atoms with Gasteiger partial charge in [0.05, 0.1) is 12.6 Å². The minimum Gasteiger partial charge on any atom is -0.387 e. The number of hydrogen-bond donors (Lipinski definition) is 1. The van der Waals surface area contributed by atoms with Crippen LogP contribution in [0.1, 0.15) is 30.9 Å². The Labute approximate surface area is 133 Å². The standard InChI is InChI=1S/C16H20F2N4O/c17-12-4-5-14(15(18)7-12)16(23)9-21-6-2-1-3-13(21)8-22-11-19-10-20-22/h4-5,7,10-11,13,16,23H,1-3,6,8-9H2/t13-,16-/m0/s1. The van der Waals surface area contributed by atoms with Gasteiger partial charge in [-0.3, -0.25) is 9.58 Å². The minimum absolute atomic E-state index is 0.136. The Bertz CT molecular complexity index is 635. The van der Waals surface area contributed by atoms with Crippen molar-refractivity contribution in [3.05, 3.63) is 48.1 Å². The number of β-amino-alcohol motifs (C(OH)–C–C–N with tert-alkyl or cyclic N) is 1. The third kappa shape index (κ3) is 3.92. The number of aliphatic hydroxyl groups is 1. The van der Waals surface area contributed by atoms with Crippen molar-refractivity contribution in [1.29, 1.82) is 0 Å². The number of halogens is 2. The van der Waals surface area contributed by atoms with Gasteiger partial charge >= 0.3 is 0 Å². The smallest absolute Gasteiger partial charge is 0.137 e. The number of rotatable bonds is 5. The third-order valence-electron chi connectivity index (χ3n) is 4.34. The summed E-state index contributed by atoms with van der Waals surface area (Å²) < 4.78 is 28.6. The van der Waals surface area contributed by atoms with Gasteiger partial charge in [0.2, 0.25) is 0 Å². The van der Waals surface area contributed by atoms with Crippen LogP contribution in [0.5, 0.6) is 0 Å². The van der Waals surface area contributed by atoms with Crippen LogP contribution in [0.25, 0.3) is 0 Å². The third-order valence-corrected chi connectivity index (χ3v) is 4.34. The average molecular weight is 322 g/mol. The molecule has 1 aliphatic rings.